The molecule has 1 rings (SSSR count). The van der Waals surface area contributed by atoms with Gasteiger partial charge in [0.1, 0.15) is 0 Å². The Labute approximate surface area is 79.3 Å². The van der Waals surface area contributed by atoms with Crippen LogP contribution in [0.3, 0.4) is 0 Å². The van der Waals surface area contributed by atoms with Gasteiger partial charge in [-0.2, -0.15) is 0 Å². The molecule has 0 bridgehead atoms. The van der Waals surface area contributed by atoms with Crippen LogP contribution in [-0.2, 0) is 14.2 Å². The Hall–Kier alpha value is -0.160. The predicted molar refractivity (Wildman–Crippen MR) is 49.6 cm³/mol. The summed E-state index contributed by atoms with van der Waals surface area (Å²) in [4.78, 5) is 0. The van der Waals surface area contributed by atoms with Crippen molar-refractivity contribution in [3.05, 3.63) is 0 Å². The molecule has 1 unspecified atom stereocenters. The van der Waals surface area contributed by atoms with E-state index in [9.17, 15) is 0 Å². The fourth-order valence-electron chi connectivity index (χ4n) is 1.77. The van der Waals surface area contributed by atoms with Gasteiger partial charge in [0.2, 0.25) is 0 Å². The van der Waals surface area contributed by atoms with Crippen LogP contribution in [0.2, 0.25) is 0 Å². The average molecular weight is 189 g/mol. The Morgan fingerprint density at radius 2 is 2.00 bits per heavy atom. The maximum atomic E-state index is 6.00. The van der Waals surface area contributed by atoms with Crippen LogP contribution in [0.4, 0.5) is 0 Å². The van der Waals surface area contributed by atoms with Gasteiger partial charge in [0.05, 0.1) is 18.2 Å². The highest BCUT2D eigenvalue weighted by Gasteiger charge is 2.38. The molecule has 1 saturated heterocycles. The normalized spacial score (nSPS) is 24.2. The fourth-order valence-corrected chi connectivity index (χ4v) is 1.77. The lowest BCUT2D eigenvalue weighted by Gasteiger charge is -2.40. The highest BCUT2D eigenvalue weighted by atomic mass is 16.5. The number of ether oxygens (including phenoxy) is 3. The van der Waals surface area contributed by atoms with Crippen LogP contribution in [0.25, 0.3) is 0 Å². The van der Waals surface area contributed by atoms with Crippen molar-refractivity contribution in [2.24, 2.45) is 5.73 Å². The van der Waals surface area contributed by atoms with Crippen molar-refractivity contribution >= 4 is 0 Å². The minimum atomic E-state index is -0.242. The van der Waals surface area contributed by atoms with Gasteiger partial charge in [0.25, 0.3) is 0 Å². The first kappa shape index (κ1) is 10.9. The minimum Gasteiger partial charge on any atom is -0.383 e. The van der Waals surface area contributed by atoms with Crippen molar-refractivity contribution in [3.8, 4) is 0 Å². The molecule has 0 radical (unpaired) electrons. The second kappa shape index (κ2) is 4.91. The Bertz CT molecular complexity index is 146. The topological polar surface area (TPSA) is 53.7 Å². The summed E-state index contributed by atoms with van der Waals surface area (Å²) in [6.45, 7) is 1.99. The van der Waals surface area contributed by atoms with Gasteiger partial charge in [-0.1, -0.05) is 0 Å². The zero-order chi connectivity index (χ0) is 9.73. The van der Waals surface area contributed by atoms with Gasteiger partial charge in [0.15, 0.2) is 0 Å². The van der Waals surface area contributed by atoms with Gasteiger partial charge < -0.3 is 19.9 Å². The summed E-state index contributed by atoms with van der Waals surface area (Å²) in [5.74, 6) is 0. The number of nitrogens with two attached hydrogens (primary N) is 1. The quantitative estimate of drug-likeness (QED) is 0.684. The molecule has 0 aliphatic carbocycles. The molecular weight excluding hydrogens is 170 g/mol. The second-order valence-electron chi connectivity index (χ2n) is 3.44. The van der Waals surface area contributed by atoms with E-state index in [1.54, 1.807) is 14.2 Å². The van der Waals surface area contributed by atoms with E-state index in [-0.39, 0.29) is 11.6 Å². The number of hydrogen-bond donors (Lipinski definition) is 1. The first-order valence-corrected chi connectivity index (χ1v) is 4.62. The lowest BCUT2D eigenvalue weighted by molar-refractivity contribution is -0.112. The summed E-state index contributed by atoms with van der Waals surface area (Å²) in [5.41, 5.74) is 5.76. The SMILES string of the molecule is COCC(N)C1(OC)CCOCC1. The van der Waals surface area contributed by atoms with Crippen molar-refractivity contribution in [1.82, 2.24) is 0 Å². The molecule has 0 spiro atoms. The summed E-state index contributed by atoms with van der Waals surface area (Å²) in [5, 5.41) is 0. The summed E-state index contributed by atoms with van der Waals surface area (Å²) >= 11 is 0. The van der Waals surface area contributed by atoms with Crippen LogP contribution in [0.1, 0.15) is 12.8 Å². The second-order valence-corrected chi connectivity index (χ2v) is 3.44. The lowest BCUT2D eigenvalue weighted by Crippen LogP contribution is -2.54. The van der Waals surface area contributed by atoms with Gasteiger partial charge in [0, 0.05) is 40.3 Å². The monoisotopic (exact) mass is 189 g/mol. The highest BCUT2D eigenvalue weighted by Crippen LogP contribution is 2.27. The maximum Gasteiger partial charge on any atom is 0.0895 e. The molecule has 1 heterocycles. The van der Waals surface area contributed by atoms with Gasteiger partial charge in [-0.15, -0.1) is 0 Å². The van der Waals surface area contributed by atoms with Gasteiger partial charge >= 0.3 is 0 Å². The van der Waals surface area contributed by atoms with E-state index in [1.807, 2.05) is 0 Å². The molecular formula is C9H19NO3. The predicted octanol–water partition coefficient (Wildman–Crippen LogP) is 0.156. The van der Waals surface area contributed by atoms with Crippen molar-refractivity contribution in [2.75, 3.05) is 34.0 Å². The molecule has 2 N–H and O–H groups in total. The van der Waals surface area contributed by atoms with E-state index in [4.69, 9.17) is 19.9 Å². The average Bonchev–Trinajstić information content (AvgIpc) is 2.19. The molecule has 4 nitrogen and oxygen atoms in total. The number of hydrogen-bond acceptors (Lipinski definition) is 4. The van der Waals surface area contributed by atoms with Crippen LogP contribution in [0.5, 0.6) is 0 Å². The Balaban J connectivity index is 2.55. The first-order valence-electron chi connectivity index (χ1n) is 4.62. The Morgan fingerprint density at radius 1 is 1.38 bits per heavy atom. The van der Waals surface area contributed by atoms with E-state index in [1.165, 1.54) is 0 Å². The van der Waals surface area contributed by atoms with Crippen LogP contribution < -0.4 is 5.73 Å². The van der Waals surface area contributed by atoms with E-state index in [0.29, 0.717) is 6.61 Å². The van der Waals surface area contributed by atoms with E-state index in [2.05, 4.69) is 0 Å². The third kappa shape index (κ3) is 2.40. The fraction of sp³-hybridized carbons (Fsp3) is 1.00. The first-order chi connectivity index (χ1) is 6.25. The third-order valence-electron chi connectivity index (χ3n) is 2.77. The molecule has 0 aromatic rings. The summed E-state index contributed by atoms with van der Waals surface area (Å²) in [6, 6.07) is -0.0635. The molecule has 0 saturated carbocycles. The summed E-state index contributed by atoms with van der Waals surface area (Å²) < 4.78 is 15.8. The van der Waals surface area contributed by atoms with Crippen molar-refractivity contribution in [1.29, 1.82) is 0 Å². The molecule has 1 fully saturated rings. The zero-order valence-corrected chi connectivity index (χ0v) is 8.41. The van der Waals surface area contributed by atoms with Gasteiger partial charge in [-0.3, -0.25) is 0 Å². The number of rotatable bonds is 4. The van der Waals surface area contributed by atoms with Crippen LogP contribution in [0, 0.1) is 0 Å². The van der Waals surface area contributed by atoms with Crippen molar-refractivity contribution < 1.29 is 14.2 Å². The molecule has 1 aliphatic heterocycles. The summed E-state index contributed by atoms with van der Waals surface area (Å²) in [7, 11) is 3.36. The molecule has 1 atom stereocenters. The molecule has 0 aromatic carbocycles. The van der Waals surface area contributed by atoms with Gasteiger partial charge in [-0.25, -0.2) is 0 Å². The Morgan fingerprint density at radius 3 is 2.46 bits per heavy atom. The molecule has 1 aliphatic rings. The van der Waals surface area contributed by atoms with Gasteiger partial charge in [-0.05, 0) is 0 Å². The third-order valence-corrected chi connectivity index (χ3v) is 2.77. The largest absolute Gasteiger partial charge is 0.383 e. The van der Waals surface area contributed by atoms with E-state index in [0.717, 1.165) is 26.1 Å². The lowest BCUT2D eigenvalue weighted by atomic mass is 9.87. The molecule has 0 amide bonds. The van der Waals surface area contributed by atoms with Crippen LogP contribution in [-0.4, -0.2) is 45.7 Å². The minimum absolute atomic E-state index is 0.0635. The van der Waals surface area contributed by atoms with Crippen molar-refractivity contribution in [2.45, 2.75) is 24.5 Å². The maximum absolute atomic E-state index is 6.00. The summed E-state index contributed by atoms with van der Waals surface area (Å²) in [6.07, 6.45) is 1.71. The van der Waals surface area contributed by atoms with Crippen LogP contribution in [0.15, 0.2) is 0 Å². The Kier molecular flexibility index (Phi) is 4.12. The molecule has 78 valence electrons. The molecule has 0 aromatic heterocycles. The van der Waals surface area contributed by atoms with E-state index >= 15 is 0 Å². The highest BCUT2D eigenvalue weighted by molar-refractivity contribution is 4.92. The smallest absolute Gasteiger partial charge is 0.0895 e. The number of methoxy groups -OCH3 is 2. The van der Waals surface area contributed by atoms with Crippen LogP contribution >= 0.6 is 0 Å². The molecule has 4 heteroatoms. The van der Waals surface area contributed by atoms with Crippen molar-refractivity contribution in [3.63, 3.8) is 0 Å². The zero-order valence-electron chi connectivity index (χ0n) is 8.41. The standard InChI is InChI=1S/C9H19NO3/c1-11-7-8(10)9(12-2)3-5-13-6-4-9/h8H,3-7,10H2,1-2H3. The van der Waals surface area contributed by atoms with E-state index < -0.39 is 0 Å². The molecule has 13 heavy (non-hydrogen) atoms.